The first-order chi connectivity index (χ1) is 19.9. The summed E-state index contributed by atoms with van der Waals surface area (Å²) < 4.78 is 14.3. The van der Waals surface area contributed by atoms with E-state index in [1.165, 1.54) is 30.0 Å². The molecule has 6 N–H and O–H groups in total. The monoisotopic (exact) mass is 642 g/mol. The van der Waals surface area contributed by atoms with E-state index in [9.17, 15) is 14.4 Å². The van der Waals surface area contributed by atoms with Crippen LogP contribution in [-0.4, -0.2) is 83.1 Å². The highest BCUT2D eigenvalue weighted by atomic mass is 35.5. The van der Waals surface area contributed by atoms with E-state index in [-0.39, 0.29) is 17.6 Å². The average Bonchev–Trinajstić information content (AvgIpc) is 3.60. The number of likely N-dealkylation sites (N-methyl/N-ethyl adjacent to an activating group) is 1. The van der Waals surface area contributed by atoms with Gasteiger partial charge in [-0.3, -0.25) is 14.4 Å². The number of fused-ring (bicyclic) bond motifs is 1. The van der Waals surface area contributed by atoms with Gasteiger partial charge in [0.2, 0.25) is 12.3 Å². The highest BCUT2D eigenvalue weighted by Crippen LogP contribution is 2.33. The van der Waals surface area contributed by atoms with Crippen molar-refractivity contribution in [1.82, 2.24) is 35.7 Å². The molecular weight excluding hydrogens is 615 g/mol. The number of thiazole rings is 1. The highest BCUT2D eigenvalue weighted by Gasteiger charge is 2.37. The number of nitrogens with one attached hydrogen (secondary N) is 3. The molecule has 4 heterocycles. The molecule has 226 valence electrons. The third-order valence-electron chi connectivity index (χ3n) is 6.50. The van der Waals surface area contributed by atoms with E-state index in [1.54, 1.807) is 6.07 Å². The molecule has 16 nitrogen and oxygen atoms in total. The molecule has 0 radical (unpaired) electrons. The molecule has 0 saturated heterocycles. The third kappa shape index (κ3) is 9.09. The van der Waals surface area contributed by atoms with Crippen molar-refractivity contribution in [1.29, 1.82) is 0 Å². The molecule has 3 aromatic rings. The van der Waals surface area contributed by atoms with Crippen molar-refractivity contribution >= 4 is 54.3 Å². The Hall–Kier alpha value is -3.31. The summed E-state index contributed by atoms with van der Waals surface area (Å²) in [5, 5.41) is 16.8. The van der Waals surface area contributed by atoms with Gasteiger partial charge >= 0.3 is 19.6 Å². The van der Waals surface area contributed by atoms with Crippen LogP contribution in [0.25, 0.3) is 0 Å². The third-order valence-corrected chi connectivity index (χ3v) is 7.81. The van der Waals surface area contributed by atoms with Gasteiger partial charge in [-0.25, -0.2) is 14.5 Å². The molecule has 1 fully saturated rings. The Kier molecular flexibility index (Phi) is 10.4. The van der Waals surface area contributed by atoms with E-state index >= 15 is 0 Å². The molecule has 19 heteroatoms. The molecule has 0 aromatic carbocycles. The Balaban J connectivity index is 0.000000748. The van der Waals surface area contributed by atoms with Gasteiger partial charge < -0.3 is 39.9 Å². The second kappa shape index (κ2) is 13.8. The maximum atomic E-state index is 13.2. The smallest absolute Gasteiger partial charge is 0.428 e. The van der Waals surface area contributed by atoms with Crippen LogP contribution in [0.1, 0.15) is 51.4 Å². The number of amides is 3. The van der Waals surface area contributed by atoms with Crippen LogP contribution in [0.5, 0.6) is 0 Å². The molecule has 1 aliphatic heterocycles. The van der Waals surface area contributed by atoms with Gasteiger partial charge in [0, 0.05) is 42.5 Å². The SMILES string of the molecule is CN1CCc2nc(C(=O)N[C@@H]3C[C@@H](c4nnco4)CC[C@@H]3NC(=O)C(=O)Nc3ccc(Cl)cn3)sc2C1.O=P(O)(O)O. The number of nitrogens with zero attached hydrogens (tertiary/aromatic N) is 5. The number of hydrogen-bond acceptors (Lipinski definition) is 11. The van der Waals surface area contributed by atoms with Gasteiger partial charge in [-0.15, -0.1) is 21.5 Å². The average molecular weight is 643 g/mol. The molecule has 0 bridgehead atoms. The minimum absolute atomic E-state index is 0.0915. The predicted molar refractivity (Wildman–Crippen MR) is 148 cm³/mol. The Bertz CT molecular complexity index is 1440. The standard InChI is InChI=1S/C23H25ClN8O4S.H3O4P/c1-32-7-6-15-17(10-32)37-23(29-15)21(35)28-16-8-12(22-31-26-11-36-22)2-4-14(16)27-19(33)20(34)30-18-5-3-13(24)9-25-18;1-5(2,3)4/h3,5,9,11-12,14,16H,2,4,6-8,10H2,1H3,(H,27,33)(H,28,35)(H,25,30,34);(H3,1,2,3,4)/t12-,14-,16+;/m0./s1. The summed E-state index contributed by atoms with van der Waals surface area (Å²) in [5.74, 6) is -1.42. The molecule has 0 spiro atoms. The molecule has 3 atom stereocenters. The van der Waals surface area contributed by atoms with Gasteiger partial charge in [0.15, 0.2) is 5.01 Å². The van der Waals surface area contributed by atoms with Crippen molar-refractivity contribution < 1.29 is 38.0 Å². The Morgan fingerprint density at radius 3 is 2.57 bits per heavy atom. The van der Waals surface area contributed by atoms with Crippen molar-refractivity contribution in [3.63, 3.8) is 0 Å². The van der Waals surface area contributed by atoms with E-state index in [0.717, 1.165) is 30.1 Å². The number of pyridine rings is 1. The molecule has 3 aromatic heterocycles. The lowest BCUT2D eigenvalue weighted by molar-refractivity contribution is -0.136. The van der Waals surface area contributed by atoms with E-state index in [2.05, 4.69) is 41.0 Å². The van der Waals surface area contributed by atoms with Crippen LogP contribution >= 0.6 is 30.8 Å². The predicted octanol–water partition coefficient (Wildman–Crippen LogP) is 0.823. The van der Waals surface area contributed by atoms with Crippen LogP contribution in [-0.2, 0) is 27.1 Å². The fourth-order valence-corrected chi connectivity index (χ4v) is 5.80. The van der Waals surface area contributed by atoms with E-state index in [4.69, 9.17) is 35.3 Å². The molecule has 1 aliphatic carbocycles. The summed E-state index contributed by atoms with van der Waals surface area (Å²) in [6.45, 7) is 1.66. The van der Waals surface area contributed by atoms with Gasteiger partial charge in [0.25, 0.3) is 5.91 Å². The van der Waals surface area contributed by atoms with E-state index in [1.807, 2.05) is 7.05 Å². The summed E-state index contributed by atoms with van der Waals surface area (Å²) in [7, 11) is -2.60. The molecule has 5 rings (SSSR count). The largest absolute Gasteiger partial charge is 0.466 e. The molecule has 42 heavy (non-hydrogen) atoms. The Labute approximate surface area is 248 Å². The van der Waals surface area contributed by atoms with Crippen LogP contribution in [0.15, 0.2) is 29.1 Å². The highest BCUT2D eigenvalue weighted by molar-refractivity contribution is 7.45. The Morgan fingerprint density at radius 1 is 1.14 bits per heavy atom. The van der Waals surface area contributed by atoms with Crippen LogP contribution in [0.2, 0.25) is 5.02 Å². The molecule has 1 saturated carbocycles. The number of rotatable bonds is 5. The van der Waals surface area contributed by atoms with Crippen molar-refractivity contribution in [2.24, 2.45) is 0 Å². The fraction of sp³-hybridized carbons (Fsp3) is 0.435. The lowest BCUT2D eigenvalue weighted by atomic mass is 9.82. The minimum atomic E-state index is -4.64. The first-order valence-electron chi connectivity index (χ1n) is 12.6. The lowest BCUT2D eigenvalue weighted by Crippen LogP contribution is -2.56. The quantitative estimate of drug-likeness (QED) is 0.167. The van der Waals surface area contributed by atoms with Crippen LogP contribution < -0.4 is 16.0 Å². The zero-order valence-electron chi connectivity index (χ0n) is 22.1. The summed E-state index contributed by atoms with van der Waals surface area (Å²) >= 11 is 7.20. The van der Waals surface area contributed by atoms with Gasteiger partial charge in [-0.1, -0.05) is 11.6 Å². The van der Waals surface area contributed by atoms with Crippen molar-refractivity contribution in [2.45, 2.75) is 50.2 Å². The first kappa shape index (κ1) is 31.6. The maximum absolute atomic E-state index is 13.2. The minimum Gasteiger partial charge on any atom is -0.428 e. The fourth-order valence-electron chi connectivity index (χ4n) is 4.59. The zero-order valence-corrected chi connectivity index (χ0v) is 24.6. The van der Waals surface area contributed by atoms with Crippen molar-refractivity contribution in [3.05, 3.63) is 51.2 Å². The van der Waals surface area contributed by atoms with Gasteiger partial charge in [0.1, 0.15) is 5.82 Å². The second-order valence-electron chi connectivity index (χ2n) is 9.65. The van der Waals surface area contributed by atoms with Crippen LogP contribution in [0.4, 0.5) is 5.82 Å². The zero-order chi connectivity index (χ0) is 30.4. The summed E-state index contributed by atoms with van der Waals surface area (Å²) in [4.78, 5) is 71.8. The first-order valence-corrected chi connectivity index (χ1v) is 15.4. The Morgan fingerprint density at radius 2 is 1.90 bits per heavy atom. The molecular formula is C23H28ClN8O8PS. The number of hydrogen-bond donors (Lipinski definition) is 6. The number of halogens is 1. The number of carbonyl (C=O) groups is 3. The summed E-state index contributed by atoms with van der Waals surface area (Å²) in [5.41, 5.74) is 0.956. The maximum Gasteiger partial charge on any atom is 0.466 e. The van der Waals surface area contributed by atoms with Gasteiger partial charge in [0.05, 0.1) is 16.8 Å². The summed E-state index contributed by atoms with van der Waals surface area (Å²) in [6.07, 6.45) is 5.02. The van der Waals surface area contributed by atoms with Crippen molar-refractivity contribution in [2.75, 3.05) is 18.9 Å². The molecule has 3 amide bonds. The molecule has 0 unspecified atom stereocenters. The van der Waals surface area contributed by atoms with Gasteiger partial charge in [-0.2, -0.15) is 0 Å². The van der Waals surface area contributed by atoms with Gasteiger partial charge in [-0.05, 0) is 38.4 Å². The van der Waals surface area contributed by atoms with E-state index in [0.29, 0.717) is 35.2 Å². The number of phosphoric acid groups is 1. The second-order valence-corrected chi connectivity index (χ2v) is 12.2. The summed E-state index contributed by atoms with van der Waals surface area (Å²) in [6, 6.07) is 2.09. The van der Waals surface area contributed by atoms with Crippen LogP contribution in [0, 0.1) is 0 Å². The lowest BCUT2D eigenvalue weighted by Gasteiger charge is -2.35. The number of anilines is 1. The molecule has 2 aliphatic rings. The van der Waals surface area contributed by atoms with Crippen LogP contribution in [0.3, 0.4) is 0 Å². The van der Waals surface area contributed by atoms with E-state index < -0.39 is 31.7 Å². The number of aromatic nitrogens is 4. The number of carbonyl (C=O) groups excluding carboxylic acids is 3. The topological polar surface area (TPSA) is 233 Å². The van der Waals surface area contributed by atoms with Crippen molar-refractivity contribution in [3.8, 4) is 0 Å². The normalized spacial score (nSPS) is 20.5.